The summed E-state index contributed by atoms with van der Waals surface area (Å²) in [5.41, 5.74) is 0.456. The SMILES string of the molecule is CCCOCC(O)Cc1ccc(Cl)cc1F. The highest BCUT2D eigenvalue weighted by Crippen LogP contribution is 2.16. The number of aliphatic hydroxyl groups excluding tert-OH is 1. The number of halogens is 2. The van der Waals surface area contributed by atoms with Crippen molar-refractivity contribution in [3.8, 4) is 0 Å². The summed E-state index contributed by atoms with van der Waals surface area (Å²) in [5.74, 6) is -0.387. The second kappa shape index (κ2) is 6.84. The number of rotatable bonds is 6. The Bertz CT molecular complexity index is 331. The first-order chi connectivity index (χ1) is 7.63. The van der Waals surface area contributed by atoms with Crippen molar-refractivity contribution in [1.82, 2.24) is 0 Å². The molecule has 1 atom stereocenters. The van der Waals surface area contributed by atoms with Crippen molar-refractivity contribution in [1.29, 1.82) is 0 Å². The molecule has 16 heavy (non-hydrogen) atoms. The molecular formula is C12H16ClFO2. The minimum atomic E-state index is -0.678. The molecule has 1 rings (SSSR count). The lowest BCUT2D eigenvalue weighted by Crippen LogP contribution is -2.19. The van der Waals surface area contributed by atoms with Gasteiger partial charge >= 0.3 is 0 Å². The van der Waals surface area contributed by atoms with E-state index in [4.69, 9.17) is 16.3 Å². The van der Waals surface area contributed by atoms with Gasteiger partial charge in [0.1, 0.15) is 5.82 Å². The molecule has 1 N–H and O–H groups in total. The molecule has 0 aliphatic rings. The van der Waals surface area contributed by atoms with E-state index in [1.165, 1.54) is 6.07 Å². The molecule has 0 aliphatic heterocycles. The molecular weight excluding hydrogens is 231 g/mol. The normalized spacial score (nSPS) is 12.8. The third-order valence-corrected chi connectivity index (χ3v) is 2.36. The van der Waals surface area contributed by atoms with Crippen molar-refractivity contribution in [3.05, 3.63) is 34.6 Å². The third kappa shape index (κ3) is 4.47. The Balaban J connectivity index is 2.46. The molecule has 1 unspecified atom stereocenters. The van der Waals surface area contributed by atoms with Crippen LogP contribution in [0.1, 0.15) is 18.9 Å². The summed E-state index contributed by atoms with van der Waals surface area (Å²) in [4.78, 5) is 0. The highest BCUT2D eigenvalue weighted by Gasteiger charge is 2.09. The molecule has 2 nitrogen and oxygen atoms in total. The Morgan fingerprint density at radius 3 is 2.88 bits per heavy atom. The standard InChI is InChI=1S/C12H16ClFO2/c1-2-5-16-8-11(15)6-9-3-4-10(13)7-12(9)14/h3-4,7,11,15H,2,5-6,8H2,1H3. The van der Waals surface area contributed by atoms with Gasteiger partial charge in [-0.3, -0.25) is 0 Å². The van der Waals surface area contributed by atoms with E-state index in [0.29, 0.717) is 17.2 Å². The van der Waals surface area contributed by atoms with Gasteiger partial charge in [-0.1, -0.05) is 24.6 Å². The summed E-state index contributed by atoms with van der Waals surface area (Å²) in [5, 5.41) is 9.96. The van der Waals surface area contributed by atoms with Gasteiger partial charge in [0, 0.05) is 18.1 Å². The Morgan fingerprint density at radius 1 is 1.50 bits per heavy atom. The van der Waals surface area contributed by atoms with E-state index in [1.54, 1.807) is 12.1 Å². The molecule has 0 spiro atoms. The summed E-state index contributed by atoms with van der Waals surface area (Å²) >= 11 is 5.63. The number of ether oxygens (including phenoxy) is 1. The van der Waals surface area contributed by atoms with Crippen molar-refractivity contribution in [3.63, 3.8) is 0 Å². The van der Waals surface area contributed by atoms with Crippen LogP contribution < -0.4 is 0 Å². The van der Waals surface area contributed by atoms with Crippen LogP contribution in [0.4, 0.5) is 4.39 Å². The molecule has 0 bridgehead atoms. The Kier molecular flexibility index (Phi) is 5.74. The summed E-state index contributed by atoms with van der Waals surface area (Å²) in [6, 6.07) is 4.44. The fourth-order valence-corrected chi connectivity index (χ4v) is 1.52. The van der Waals surface area contributed by atoms with Crippen molar-refractivity contribution in [2.45, 2.75) is 25.9 Å². The molecule has 0 aliphatic carbocycles. The molecule has 90 valence electrons. The first-order valence-electron chi connectivity index (χ1n) is 5.33. The van der Waals surface area contributed by atoms with Crippen molar-refractivity contribution >= 4 is 11.6 Å². The molecule has 4 heteroatoms. The van der Waals surface area contributed by atoms with Gasteiger partial charge in [0.15, 0.2) is 0 Å². The zero-order chi connectivity index (χ0) is 12.0. The van der Waals surface area contributed by atoms with E-state index in [2.05, 4.69) is 0 Å². The van der Waals surface area contributed by atoms with Crippen LogP contribution in [-0.2, 0) is 11.2 Å². The summed E-state index contributed by atoms with van der Waals surface area (Å²) in [6.45, 7) is 2.83. The lowest BCUT2D eigenvalue weighted by Gasteiger charge is -2.11. The van der Waals surface area contributed by atoms with Crippen LogP contribution in [0, 0.1) is 5.82 Å². The second-order valence-electron chi connectivity index (χ2n) is 3.67. The summed E-state index contributed by atoms with van der Waals surface area (Å²) in [6.07, 6.45) is 0.469. The van der Waals surface area contributed by atoms with Crippen LogP contribution in [0.5, 0.6) is 0 Å². The summed E-state index contributed by atoms with van der Waals surface area (Å²) < 4.78 is 18.5. The number of hydrogen-bond donors (Lipinski definition) is 1. The summed E-state index contributed by atoms with van der Waals surface area (Å²) in [7, 11) is 0. The number of benzene rings is 1. The number of hydrogen-bond acceptors (Lipinski definition) is 2. The van der Waals surface area contributed by atoms with Gasteiger partial charge in [-0.05, 0) is 24.1 Å². The monoisotopic (exact) mass is 246 g/mol. The zero-order valence-electron chi connectivity index (χ0n) is 9.25. The van der Waals surface area contributed by atoms with E-state index in [0.717, 1.165) is 6.42 Å². The predicted octanol–water partition coefficient (Wildman–Crippen LogP) is 2.81. The van der Waals surface area contributed by atoms with E-state index in [9.17, 15) is 9.50 Å². The van der Waals surface area contributed by atoms with Crippen LogP contribution in [0.2, 0.25) is 5.02 Å². The molecule has 0 saturated carbocycles. The first kappa shape index (κ1) is 13.4. The molecule has 1 aromatic rings. The maximum absolute atomic E-state index is 13.4. The van der Waals surface area contributed by atoms with E-state index in [1.807, 2.05) is 6.92 Å². The number of aliphatic hydroxyl groups is 1. The first-order valence-corrected chi connectivity index (χ1v) is 5.71. The van der Waals surface area contributed by atoms with Gasteiger partial charge in [0.25, 0.3) is 0 Å². The fraction of sp³-hybridized carbons (Fsp3) is 0.500. The van der Waals surface area contributed by atoms with Gasteiger partial charge in [-0.2, -0.15) is 0 Å². The van der Waals surface area contributed by atoms with E-state index < -0.39 is 6.10 Å². The minimum absolute atomic E-state index is 0.232. The molecule has 0 fully saturated rings. The molecule has 0 aromatic heterocycles. The maximum Gasteiger partial charge on any atom is 0.127 e. The highest BCUT2D eigenvalue weighted by atomic mass is 35.5. The van der Waals surface area contributed by atoms with Gasteiger partial charge in [0.2, 0.25) is 0 Å². The smallest absolute Gasteiger partial charge is 0.127 e. The van der Waals surface area contributed by atoms with Crippen LogP contribution in [0.3, 0.4) is 0 Å². The lowest BCUT2D eigenvalue weighted by atomic mass is 10.1. The maximum atomic E-state index is 13.4. The molecule has 1 aromatic carbocycles. The van der Waals surface area contributed by atoms with Crippen molar-refractivity contribution < 1.29 is 14.2 Å². The second-order valence-corrected chi connectivity index (χ2v) is 4.11. The quantitative estimate of drug-likeness (QED) is 0.783. The van der Waals surface area contributed by atoms with Crippen LogP contribution in [-0.4, -0.2) is 24.4 Å². The Labute approximate surface area is 100.0 Å². The minimum Gasteiger partial charge on any atom is -0.390 e. The van der Waals surface area contributed by atoms with Gasteiger partial charge in [0.05, 0.1) is 12.7 Å². The van der Waals surface area contributed by atoms with Crippen molar-refractivity contribution in [2.24, 2.45) is 0 Å². The molecule has 0 radical (unpaired) electrons. The van der Waals surface area contributed by atoms with Crippen LogP contribution >= 0.6 is 11.6 Å². The zero-order valence-corrected chi connectivity index (χ0v) is 10.0. The fourth-order valence-electron chi connectivity index (χ4n) is 1.36. The molecule has 0 heterocycles. The average molecular weight is 247 g/mol. The molecule has 0 saturated heterocycles. The molecule has 0 amide bonds. The van der Waals surface area contributed by atoms with Gasteiger partial charge in [-0.15, -0.1) is 0 Å². The van der Waals surface area contributed by atoms with Gasteiger partial charge < -0.3 is 9.84 Å². The van der Waals surface area contributed by atoms with E-state index in [-0.39, 0.29) is 18.8 Å². The topological polar surface area (TPSA) is 29.5 Å². The highest BCUT2D eigenvalue weighted by molar-refractivity contribution is 6.30. The Hall–Kier alpha value is -0.640. The van der Waals surface area contributed by atoms with Gasteiger partial charge in [-0.25, -0.2) is 4.39 Å². The largest absolute Gasteiger partial charge is 0.390 e. The average Bonchev–Trinajstić information content (AvgIpc) is 2.23. The van der Waals surface area contributed by atoms with Crippen molar-refractivity contribution in [2.75, 3.05) is 13.2 Å². The third-order valence-electron chi connectivity index (χ3n) is 2.13. The van der Waals surface area contributed by atoms with Crippen LogP contribution in [0.25, 0.3) is 0 Å². The van der Waals surface area contributed by atoms with E-state index >= 15 is 0 Å². The van der Waals surface area contributed by atoms with Crippen LogP contribution in [0.15, 0.2) is 18.2 Å². The lowest BCUT2D eigenvalue weighted by molar-refractivity contribution is 0.0370. The predicted molar refractivity (Wildman–Crippen MR) is 62.2 cm³/mol. The Morgan fingerprint density at radius 2 is 2.25 bits per heavy atom.